The van der Waals surface area contributed by atoms with Gasteiger partial charge in [-0.15, -0.1) is 0 Å². The first-order valence-corrected chi connectivity index (χ1v) is 11.6. The van der Waals surface area contributed by atoms with Gasteiger partial charge in [-0.2, -0.15) is 0 Å². The zero-order chi connectivity index (χ0) is 23.8. The van der Waals surface area contributed by atoms with Crippen LogP contribution in [0.1, 0.15) is 15.9 Å². The van der Waals surface area contributed by atoms with Crippen molar-refractivity contribution in [3.05, 3.63) is 102 Å². The van der Waals surface area contributed by atoms with Crippen LogP contribution in [0.4, 0.5) is 5.69 Å². The Kier molecular flexibility index (Phi) is 7.62. The predicted octanol–water partition coefficient (Wildman–Crippen LogP) is 4.54. The largest absolute Gasteiger partial charge is 0.497 e. The summed E-state index contributed by atoms with van der Waals surface area (Å²) < 4.78 is 7.01. The van der Waals surface area contributed by atoms with E-state index in [2.05, 4.69) is 15.6 Å². The van der Waals surface area contributed by atoms with E-state index in [0.717, 1.165) is 22.7 Å². The number of benzene rings is 3. The van der Waals surface area contributed by atoms with Crippen molar-refractivity contribution in [2.45, 2.75) is 11.7 Å². The molecule has 0 atom stereocenters. The monoisotopic (exact) mass is 472 g/mol. The molecule has 0 aliphatic heterocycles. The maximum atomic E-state index is 12.7. The summed E-state index contributed by atoms with van der Waals surface area (Å²) in [6, 6.07) is 24.2. The number of anilines is 1. The standard InChI is InChI=1S/C26H24N4O3S/c1-33-23-12-10-19(11-13-23)17-28-24(31)18-34-26-27-14-15-30(26)22-9-5-6-20(16-22)25(32)29-21-7-3-2-4-8-21/h2-16H,17-18H2,1H3,(H,28,31)(H,29,32). The molecule has 3 aromatic carbocycles. The number of nitrogens with one attached hydrogen (secondary N) is 2. The summed E-state index contributed by atoms with van der Waals surface area (Å²) in [5.74, 6) is 0.715. The van der Waals surface area contributed by atoms with Crippen LogP contribution in [0, 0.1) is 0 Å². The van der Waals surface area contributed by atoms with Crippen molar-refractivity contribution < 1.29 is 14.3 Å². The van der Waals surface area contributed by atoms with E-state index < -0.39 is 0 Å². The number of thioether (sulfide) groups is 1. The lowest BCUT2D eigenvalue weighted by Crippen LogP contribution is -2.24. The minimum absolute atomic E-state index is 0.0913. The number of imidazole rings is 1. The molecule has 2 N–H and O–H groups in total. The molecule has 0 fully saturated rings. The van der Waals surface area contributed by atoms with Crippen molar-refractivity contribution in [3.8, 4) is 11.4 Å². The van der Waals surface area contributed by atoms with Gasteiger partial charge in [0.25, 0.3) is 5.91 Å². The third-order valence-electron chi connectivity index (χ3n) is 5.01. The van der Waals surface area contributed by atoms with Gasteiger partial charge in [-0.25, -0.2) is 4.98 Å². The van der Waals surface area contributed by atoms with E-state index in [9.17, 15) is 9.59 Å². The van der Waals surface area contributed by atoms with Gasteiger partial charge in [0.1, 0.15) is 5.75 Å². The van der Waals surface area contributed by atoms with Crippen molar-refractivity contribution >= 4 is 29.3 Å². The van der Waals surface area contributed by atoms with Crippen LogP contribution in [0.3, 0.4) is 0 Å². The summed E-state index contributed by atoms with van der Waals surface area (Å²) in [5.41, 5.74) is 3.05. The molecule has 0 saturated carbocycles. The molecule has 8 heteroatoms. The molecular formula is C26H24N4O3S. The number of carbonyl (C=O) groups is 2. The summed E-state index contributed by atoms with van der Waals surface area (Å²) in [6.07, 6.45) is 3.49. The lowest BCUT2D eigenvalue weighted by Gasteiger charge is -2.10. The summed E-state index contributed by atoms with van der Waals surface area (Å²) in [7, 11) is 1.62. The van der Waals surface area contributed by atoms with Crippen LogP contribution in [-0.4, -0.2) is 34.2 Å². The Morgan fingerprint density at radius 1 is 1.00 bits per heavy atom. The third kappa shape index (κ3) is 6.05. The molecule has 0 spiro atoms. The smallest absolute Gasteiger partial charge is 0.255 e. The third-order valence-corrected chi connectivity index (χ3v) is 5.97. The molecule has 34 heavy (non-hydrogen) atoms. The quantitative estimate of drug-likeness (QED) is 0.349. The summed E-state index contributed by atoms with van der Waals surface area (Å²) in [4.78, 5) is 29.4. The van der Waals surface area contributed by atoms with E-state index in [4.69, 9.17) is 4.74 Å². The molecule has 0 bridgehead atoms. The highest BCUT2D eigenvalue weighted by atomic mass is 32.2. The Morgan fingerprint density at radius 2 is 1.79 bits per heavy atom. The zero-order valence-corrected chi connectivity index (χ0v) is 19.4. The number of rotatable bonds is 9. The summed E-state index contributed by atoms with van der Waals surface area (Å²) in [5, 5.41) is 6.47. The number of amides is 2. The van der Waals surface area contributed by atoms with Crippen LogP contribution < -0.4 is 15.4 Å². The number of carbonyl (C=O) groups excluding carboxylic acids is 2. The Hall–Kier alpha value is -4.04. The fourth-order valence-corrected chi connectivity index (χ4v) is 4.04. The Bertz CT molecular complexity index is 1260. The second-order valence-corrected chi connectivity index (χ2v) is 8.31. The maximum Gasteiger partial charge on any atom is 0.255 e. The van der Waals surface area contributed by atoms with E-state index in [-0.39, 0.29) is 17.6 Å². The van der Waals surface area contributed by atoms with Crippen LogP contribution in [0.5, 0.6) is 5.75 Å². The number of ether oxygens (including phenoxy) is 1. The van der Waals surface area contributed by atoms with E-state index >= 15 is 0 Å². The van der Waals surface area contributed by atoms with Crippen molar-refractivity contribution in [1.82, 2.24) is 14.9 Å². The maximum absolute atomic E-state index is 12.7. The molecule has 2 amide bonds. The predicted molar refractivity (Wildman–Crippen MR) is 134 cm³/mol. The Morgan fingerprint density at radius 3 is 2.56 bits per heavy atom. The number of hydrogen-bond acceptors (Lipinski definition) is 5. The normalized spacial score (nSPS) is 10.5. The van der Waals surface area contributed by atoms with Gasteiger partial charge in [0, 0.05) is 35.9 Å². The summed E-state index contributed by atoms with van der Waals surface area (Å²) in [6.45, 7) is 0.441. The first-order valence-electron chi connectivity index (χ1n) is 10.6. The van der Waals surface area contributed by atoms with Crippen LogP contribution in [0.15, 0.2) is 96.4 Å². The van der Waals surface area contributed by atoms with E-state index in [0.29, 0.717) is 17.3 Å². The molecule has 0 unspecified atom stereocenters. The topological polar surface area (TPSA) is 85.2 Å². The highest BCUT2D eigenvalue weighted by molar-refractivity contribution is 7.99. The number of hydrogen-bond donors (Lipinski definition) is 2. The number of methoxy groups -OCH3 is 1. The molecule has 1 heterocycles. The molecule has 1 aromatic heterocycles. The SMILES string of the molecule is COc1ccc(CNC(=O)CSc2nccn2-c2cccc(C(=O)Nc3ccccc3)c2)cc1. The molecule has 0 aliphatic rings. The molecule has 4 rings (SSSR count). The molecule has 0 aliphatic carbocycles. The average Bonchev–Trinajstić information content (AvgIpc) is 3.36. The van der Waals surface area contributed by atoms with E-state index in [1.54, 1.807) is 25.4 Å². The van der Waals surface area contributed by atoms with Crippen molar-refractivity contribution in [2.75, 3.05) is 18.2 Å². The molecule has 4 aromatic rings. The fraction of sp³-hybridized carbons (Fsp3) is 0.115. The molecule has 0 saturated heterocycles. The Labute approximate surface area is 202 Å². The lowest BCUT2D eigenvalue weighted by atomic mass is 10.2. The molecule has 172 valence electrons. The van der Waals surface area contributed by atoms with Crippen LogP contribution in [-0.2, 0) is 11.3 Å². The second-order valence-electron chi connectivity index (χ2n) is 7.36. The fourth-order valence-electron chi connectivity index (χ4n) is 3.24. The van der Waals surface area contributed by atoms with Gasteiger partial charge in [-0.05, 0) is 48.0 Å². The minimum atomic E-state index is -0.194. The zero-order valence-electron chi connectivity index (χ0n) is 18.6. The average molecular weight is 473 g/mol. The first kappa shape index (κ1) is 23.1. The highest BCUT2D eigenvalue weighted by Gasteiger charge is 2.12. The highest BCUT2D eigenvalue weighted by Crippen LogP contribution is 2.21. The van der Waals surface area contributed by atoms with Gasteiger partial charge in [-0.1, -0.05) is 48.2 Å². The van der Waals surface area contributed by atoms with Gasteiger partial charge in [0.15, 0.2) is 5.16 Å². The lowest BCUT2D eigenvalue weighted by molar-refractivity contribution is -0.118. The Balaban J connectivity index is 1.36. The minimum Gasteiger partial charge on any atom is -0.497 e. The van der Waals surface area contributed by atoms with Crippen LogP contribution in [0.25, 0.3) is 5.69 Å². The van der Waals surface area contributed by atoms with Crippen LogP contribution in [0.2, 0.25) is 0 Å². The summed E-state index contributed by atoms with van der Waals surface area (Å²) >= 11 is 1.33. The van der Waals surface area contributed by atoms with E-state index in [1.165, 1.54) is 11.8 Å². The number of nitrogens with zero attached hydrogens (tertiary/aromatic N) is 2. The molecule has 0 radical (unpaired) electrons. The molecule has 7 nitrogen and oxygen atoms in total. The van der Waals surface area contributed by atoms with Gasteiger partial charge < -0.3 is 15.4 Å². The van der Waals surface area contributed by atoms with Crippen molar-refractivity contribution in [3.63, 3.8) is 0 Å². The van der Waals surface area contributed by atoms with Crippen molar-refractivity contribution in [1.29, 1.82) is 0 Å². The van der Waals surface area contributed by atoms with Crippen LogP contribution >= 0.6 is 11.8 Å². The van der Waals surface area contributed by atoms with Gasteiger partial charge in [0.2, 0.25) is 5.91 Å². The van der Waals surface area contributed by atoms with Crippen molar-refractivity contribution in [2.24, 2.45) is 0 Å². The number of aromatic nitrogens is 2. The van der Waals surface area contributed by atoms with Gasteiger partial charge >= 0.3 is 0 Å². The van der Waals surface area contributed by atoms with E-state index in [1.807, 2.05) is 77.5 Å². The number of para-hydroxylation sites is 1. The van der Waals surface area contributed by atoms with Gasteiger partial charge in [0.05, 0.1) is 12.9 Å². The van der Waals surface area contributed by atoms with Gasteiger partial charge in [-0.3, -0.25) is 14.2 Å². The first-order chi connectivity index (χ1) is 16.6. The second kappa shape index (κ2) is 11.2. The molecular weight excluding hydrogens is 448 g/mol.